The third-order valence-corrected chi connectivity index (χ3v) is 7.31. The molecule has 0 fully saturated rings. The number of aliphatic carboxylic acids is 1. The van der Waals surface area contributed by atoms with Crippen LogP contribution in [0.15, 0.2) is 29.2 Å². The van der Waals surface area contributed by atoms with E-state index in [1.807, 2.05) is 4.57 Å². The minimum Gasteiger partial charge on any atom is -0.480 e. The van der Waals surface area contributed by atoms with Crippen LogP contribution in [0.4, 0.5) is 0 Å². The van der Waals surface area contributed by atoms with E-state index >= 15 is 0 Å². The monoisotopic (exact) mass is 471 g/mol. The van der Waals surface area contributed by atoms with Crippen molar-refractivity contribution in [3.63, 3.8) is 0 Å². The summed E-state index contributed by atoms with van der Waals surface area (Å²) in [5, 5.41) is 19.1. The van der Waals surface area contributed by atoms with Crippen LogP contribution in [0, 0.1) is 0 Å². The maximum absolute atomic E-state index is 13.1. The van der Waals surface area contributed by atoms with Gasteiger partial charge in [-0.15, -0.1) is 0 Å². The third-order valence-electron chi connectivity index (χ3n) is 4.89. The molecule has 0 unspecified atom stereocenters. The summed E-state index contributed by atoms with van der Waals surface area (Å²) in [4.78, 5) is 15.6. The highest BCUT2D eigenvalue weighted by atomic mass is 35.5. The van der Waals surface area contributed by atoms with Crippen LogP contribution < -0.4 is 0 Å². The Balaban J connectivity index is 2.35. The van der Waals surface area contributed by atoms with E-state index in [0.29, 0.717) is 12.2 Å². The molecule has 0 amide bonds. The normalized spacial score (nSPS) is 12.5. The van der Waals surface area contributed by atoms with Gasteiger partial charge >= 0.3 is 5.97 Å². The first-order valence-electron chi connectivity index (χ1n) is 10.1. The van der Waals surface area contributed by atoms with Gasteiger partial charge in [0.1, 0.15) is 12.4 Å². The highest BCUT2D eigenvalue weighted by molar-refractivity contribution is 7.89. The Hall–Kier alpha value is -1.94. The quantitative estimate of drug-likeness (QED) is 0.549. The van der Waals surface area contributed by atoms with Crippen molar-refractivity contribution in [1.82, 2.24) is 13.9 Å². The summed E-state index contributed by atoms with van der Waals surface area (Å²) in [7, 11) is -4.00. The molecule has 1 aromatic carbocycles. The zero-order valence-electron chi connectivity index (χ0n) is 18.3. The Bertz CT molecular complexity index is 1010. The topological polar surface area (TPSA) is 113 Å². The molecule has 0 aliphatic heterocycles. The molecule has 0 aliphatic rings. The second-order valence-electron chi connectivity index (χ2n) is 8.33. The molecular weight excluding hydrogens is 442 g/mol. The van der Waals surface area contributed by atoms with E-state index in [-0.39, 0.29) is 16.7 Å². The highest BCUT2D eigenvalue weighted by Crippen LogP contribution is 2.25. The third kappa shape index (κ3) is 6.06. The van der Waals surface area contributed by atoms with E-state index in [0.717, 1.165) is 35.0 Å². The van der Waals surface area contributed by atoms with E-state index in [1.165, 1.54) is 12.1 Å². The molecule has 2 rings (SSSR count). The summed E-state index contributed by atoms with van der Waals surface area (Å²) in [5.41, 5.74) is 0.430. The van der Waals surface area contributed by atoms with Gasteiger partial charge in [-0.05, 0) is 44.9 Å². The second-order valence-corrected chi connectivity index (χ2v) is 10.6. The van der Waals surface area contributed by atoms with Gasteiger partial charge in [0.05, 0.1) is 17.2 Å². The minimum absolute atomic E-state index is 0.0182. The van der Waals surface area contributed by atoms with E-state index in [1.54, 1.807) is 32.9 Å². The Labute approximate surface area is 188 Å². The molecule has 0 spiro atoms. The molecule has 0 atom stereocenters. The molecule has 172 valence electrons. The Morgan fingerprint density at radius 3 is 2.32 bits per heavy atom. The van der Waals surface area contributed by atoms with Crippen molar-refractivity contribution in [3.05, 3.63) is 46.5 Å². The number of sulfonamides is 1. The molecular formula is C21H30ClN3O5S. The molecule has 1 heterocycles. The van der Waals surface area contributed by atoms with Crippen molar-refractivity contribution in [2.75, 3.05) is 6.54 Å². The Morgan fingerprint density at radius 2 is 1.84 bits per heavy atom. The zero-order valence-corrected chi connectivity index (χ0v) is 19.9. The Morgan fingerprint density at radius 1 is 1.23 bits per heavy atom. The van der Waals surface area contributed by atoms with Gasteiger partial charge in [-0.2, -0.15) is 4.31 Å². The number of carbonyl (C=O) groups is 1. The van der Waals surface area contributed by atoms with Crippen molar-refractivity contribution >= 4 is 27.6 Å². The van der Waals surface area contributed by atoms with Gasteiger partial charge in [0, 0.05) is 18.5 Å². The van der Waals surface area contributed by atoms with E-state index in [9.17, 15) is 18.3 Å². The maximum atomic E-state index is 13.1. The number of nitrogens with zero attached hydrogens (tertiary/aromatic N) is 3. The van der Waals surface area contributed by atoms with Gasteiger partial charge in [0.2, 0.25) is 10.0 Å². The number of unbranched alkanes of at least 4 members (excludes halogenated alkanes) is 1. The highest BCUT2D eigenvalue weighted by Gasteiger charge is 2.35. The van der Waals surface area contributed by atoms with Crippen LogP contribution in [0.2, 0.25) is 5.15 Å². The number of carboxylic acid groups (broad SMARTS) is 1. The molecule has 0 bridgehead atoms. The number of aromatic nitrogens is 2. The van der Waals surface area contributed by atoms with Gasteiger partial charge in [-0.25, -0.2) is 13.4 Å². The van der Waals surface area contributed by atoms with Crippen LogP contribution in [0.5, 0.6) is 0 Å². The number of hydrogen-bond donors (Lipinski definition) is 2. The first-order chi connectivity index (χ1) is 14.4. The van der Waals surface area contributed by atoms with Crippen molar-refractivity contribution in [2.45, 2.75) is 70.5 Å². The van der Waals surface area contributed by atoms with Crippen molar-refractivity contribution in [3.8, 4) is 0 Å². The summed E-state index contributed by atoms with van der Waals surface area (Å²) in [6.45, 7) is 6.54. The number of halogens is 1. The summed E-state index contributed by atoms with van der Waals surface area (Å²) >= 11 is 6.17. The predicted molar refractivity (Wildman–Crippen MR) is 119 cm³/mol. The fourth-order valence-electron chi connectivity index (χ4n) is 3.25. The van der Waals surface area contributed by atoms with Crippen LogP contribution in [-0.2, 0) is 34.4 Å². The van der Waals surface area contributed by atoms with E-state index < -0.39 is 28.1 Å². The number of hydrogen-bond acceptors (Lipinski definition) is 5. The molecule has 0 saturated heterocycles. The fraction of sp³-hybridized carbons (Fsp3) is 0.524. The maximum Gasteiger partial charge on any atom is 0.318 e. The van der Waals surface area contributed by atoms with Crippen LogP contribution >= 0.6 is 11.6 Å². The standard InChI is InChI=1S/C21H30ClN3O5S/c1-5-6-7-18-23-20(22)17(14-26)24(18)12-15-8-10-16(11-9-15)31(29,30)25(13-19(27)28)21(2,3)4/h8-11,26H,5-7,12-14H2,1-4H3,(H,27,28). The van der Waals surface area contributed by atoms with Crippen molar-refractivity contribution in [1.29, 1.82) is 0 Å². The number of rotatable bonds is 10. The van der Waals surface area contributed by atoms with Crippen molar-refractivity contribution < 1.29 is 23.4 Å². The molecule has 2 N–H and O–H groups in total. The van der Waals surface area contributed by atoms with Gasteiger partial charge in [-0.1, -0.05) is 37.1 Å². The number of aliphatic hydroxyl groups excluding tert-OH is 1. The number of carboxylic acids is 1. The van der Waals surface area contributed by atoms with E-state index in [2.05, 4.69) is 11.9 Å². The van der Waals surface area contributed by atoms with Gasteiger partial charge < -0.3 is 14.8 Å². The smallest absolute Gasteiger partial charge is 0.318 e. The molecule has 10 heteroatoms. The lowest BCUT2D eigenvalue weighted by Gasteiger charge is -2.33. The van der Waals surface area contributed by atoms with Crippen LogP contribution in [0.1, 0.15) is 57.6 Å². The number of imidazole rings is 1. The summed E-state index contributed by atoms with van der Waals surface area (Å²) in [6.07, 6.45) is 2.64. The molecule has 0 saturated carbocycles. The lowest BCUT2D eigenvalue weighted by molar-refractivity contribution is -0.138. The summed E-state index contributed by atoms with van der Waals surface area (Å²) in [6, 6.07) is 6.28. The second kappa shape index (κ2) is 10.1. The Kier molecular flexibility index (Phi) is 8.27. The molecule has 0 aliphatic carbocycles. The number of aliphatic hydroxyl groups is 1. The van der Waals surface area contributed by atoms with Crippen LogP contribution in [0.25, 0.3) is 0 Å². The average molecular weight is 472 g/mol. The molecule has 1 aromatic heterocycles. The summed E-state index contributed by atoms with van der Waals surface area (Å²) < 4.78 is 28.9. The van der Waals surface area contributed by atoms with Gasteiger partial charge in [0.25, 0.3) is 0 Å². The largest absolute Gasteiger partial charge is 0.480 e. The predicted octanol–water partition coefficient (Wildman–Crippen LogP) is 3.29. The molecule has 0 radical (unpaired) electrons. The molecule has 2 aromatic rings. The molecule has 31 heavy (non-hydrogen) atoms. The first kappa shape index (κ1) is 25.3. The van der Waals surface area contributed by atoms with E-state index in [4.69, 9.17) is 16.7 Å². The average Bonchev–Trinajstić information content (AvgIpc) is 2.98. The van der Waals surface area contributed by atoms with Crippen molar-refractivity contribution in [2.24, 2.45) is 0 Å². The SMILES string of the molecule is CCCCc1nc(Cl)c(CO)n1Cc1ccc(S(=O)(=O)N(CC(=O)O)C(C)(C)C)cc1. The van der Waals surface area contributed by atoms with Gasteiger partial charge in [0.15, 0.2) is 5.15 Å². The van der Waals surface area contributed by atoms with Crippen LogP contribution in [-0.4, -0.2) is 50.5 Å². The fourth-order valence-corrected chi connectivity index (χ4v) is 5.25. The number of aryl methyl sites for hydroxylation is 1. The lowest BCUT2D eigenvalue weighted by Crippen LogP contribution is -2.48. The lowest BCUT2D eigenvalue weighted by atomic mass is 10.1. The molecule has 8 nitrogen and oxygen atoms in total. The minimum atomic E-state index is -4.00. The number of benzene rings is 1. The van der Waals surface area contributed by atoms with Crippen LogP contribution in [0.3, 0.4) is 0 Å². The zero-order chi connectivity index (χ0) is 23.4. The van der Waals surface area contributed by atoms with Gasteiger partial charge in [-0.3, -0.25) is 4.79 Å². The summed E-state index contributed by atoms with van der Waals surface area (Å²) in [5.74, 6) is -0.448. The first-order valence-corrected chi connectivity index (χ1v) is 11.9.